The lowest BCUT2D eigenvalue weighted by molar-refractivity contribution is -0.0721. The van der Waals surface area contributed by atoms with Crippen molar-refractivity contribution in [2.45, 2.75) is 45.0 Å². The smallest absolute Gasteiger partial charge is 0.339 e. The number of aromatic carboxylic acids is 1. The van der Waals surface area contributed by atoms with E-state index in [0.717, 1.165) is 12.8 Å². The molecule has 0 saturated carbocycles. The zero-order valence-electron chi connectivity index (χ0n) is 11.1. The average molecular weight is 265 g/mol. The molecule has 0 amide bonds. The van der Waals surface area contributed by atoms with Gasteiger partial charge in [-0.05, 0) is 26.0 Å². The van der Waals surface area contributed by atoms with Crippen LogP contribution in [0, 0.1) is 0 Å². The fourth-order valence-electron chi connectivity index (χ4n) is 2.46. The van der Waals surface area contributed by atoms with Crippen LogP contribution in [0.2, 0.25) is 0 Å². The molecule has 1 fully saturated rings. The van der Waals surface area contributed by atoms with Crippen LogP contribution in [0.3, 0.4) is 0 Å². The molecule has 1 saturated heterocycles. The number of carboxylic acids is 1. The standard InChI is InChI=1S/C14H19NO4/c1-8-6-10(7-9(2)18-8)19-13-11(14(16)17)4-3-5-12(13)15/h3-5,8-10H,6-7,15H2,1-2H3,(H,16,17). The van der Waals surface area contributed by atoms with E-state index in [9.17, 15) is 4.79 Å². The molecule has 0 aliphatic carbocycles. The van der Waals surface area contributed by atoms with Gasteiger partial charge in [-0.15, -0.1) is 0 Å². The molecule has 2 atom stereocenters. The highest BCUT2D eigenvalue weighted by Gasteiger charge is 2.27. The van der Waals surface area contributed by atoms with E-state index >= 15 is 0 Å². The number of hydrogen-bond acceptors (Lipinski definition) is 4. The van der Waals surface area contributed by atoms with Crippen molar-refractivity contribution in [3.8, 4) is 5.75 Å². The molecule has 1 aromatic carbocycles. The monoisotopic (exact) mass is 265 g/mol. The Morgan fingerprint density at radius 2 is 2.00 bits per heavy atom. The quantitative estimate of drug-likeness (QED) is 0.819. The summed E-state index contributed by atoms with van der Waals surface area (Å²) in [5.74, 6) is -0.767. The van der Waals surface area contributed by atoms with Crippen molar-refractivity contribution in [3.63, 3.8) is 0 Å². The van der Waals surface area contributed by atoms with Gasteiger partial charge >= 0.3 is 5.97 Å². The Balaban J connectivity index is 2.21. The predicted octanol–water partition coefficient (Wildman–Crippen LogP) is 2.30. The molecule has 5 heteroatoms. The van der Waals surface area contributed by atoms with Gasteiger partial charge < -0.3 is 20.3 Å². The first-order valence-corrected chi connectivity index (χ1v) is 6.41. The summed E-state index contributed by atoms with van der Waals surface area (Å²) in [5, 5.41) is 9.16. The van der Waals surface area contributed by atoms with E-state index in [4.69, 9.17) is 20.3 Å². The van der Waals surface area contributed by atoms with Gasteiger partial charge in [-0.3, -0.25) is 0 Å². The first kappa shape index (κ1) is 13.7. The summed E-state index contributed by atoms with van der Waals surface area (Å²) >= 11 is 0. The fourth-order valence-corrected chi connectivity index (χ4v) is 2.46. The molecule has 1 aliphatic heterocycles. The molecule has 1 aromatic rings. The summed E-state index contributed by atoms with van der Waals surface area (Å²) in [6.07, 6.45) is 1.61. The van der Waals surface area contributed by atoms with Gasteiger partial charge in [0.2, 0.25) is 0 Å². The Morgan fingerprint density at radius 1 is 1.37 bits per heavy atom. The van der Waals surface area contributed by atoms with Crippen LogP contribution in [0.15, 0.2) is 18.2 Å². The van der Waals surface area contributed by atoms with Gasteiger partial charge in [-0.2, -0.15) is 0 Å². The van der Waals surface area contributed by atoms with Gasteiger partial charge in [0.1, 0.15) is 11.7 Å². The van der Waals surface area contributed by atoms with E-state index in [1.165, 1.54) is 6.07 Å². The van der Waals surface area contributed by atoms with Crippen LogP contribution >= 0.6 is 0 Å². The van der Waals surface area contributed by atoms with Gasteiger partial charge in [-0.1, -0.05) is 6.07 Å². The molecule has 104 valence electrons. The molecule has 0 bridgehead atoms. The van der Waals surface area contributed by atoms with Crippen LogP contribution in [0.25, 0.3) is 0 Å². The van der Waals surface area contributed by atoms with Crippen molar-refractivity contribution in [2.75, 3.05) is 5.73 Å². The minimum atomic E-state index is -1.03. The zero-order valence-corrected chi connectivity index (χ0v) is 11.1. The molecular weight excluding hydrogens is 246 g/mol. The largest absolute Gasteiger partial charge is 0.487 e. The Bertz CT molecular complexity index is 465. The first-order valence-electron chi connectivity index (χ1n) is 6.41. The molecular formula is C14H19NO4. The minimum absolute atomic E-state index is 0.0680. The third-order valence-electron chi connectivity index (χ3n) is 3.21. The van der Waals surface area contributed by atoms with Crippen LogP contribution < -0.4 is 10.5 Å². The van der Waals surface area contributed by atoms with Gasteiger partial charge in [0.25, 0.3) is 0 Å². The highest BCUT2D eigenvalue weighted by molar-refractivity contribution is 5.93. The molecule has 2 unspecified atom stereocenters. The van der Waals surface area contributed by atoms with Crippen LogP contribution in [0.5, 0.6) is 5.75 Å². The fraction of sp³-hybridized carbons (Fsp3) is 0.500. The third kappa shape index (κ3) is 3.17. The van der Waals surface area contributed by atoms with Crippen LogP contribution in [0.1, 0.15) is 37.0 Å². The Hall–Kier alpha value is -1.75. The molecule has 0 radical (unpaired) electrons. The Labute approximate surface area is 112 Å². The summed E-state index contributed by atoms with van der Waals surface area (Å²) in [4.78, 5) is 11.2. The number of rotatable bonds is 3. The lowest BCUT2D eigenvalue weighted by Gasteiger charge is -2.32. The number of ether oxygens (including phenoxy) is 2. The molecule has 0 spiro atoms. The number of nitrogen functional groups attached to an aromatic ring is 1. The second-order valence-electron chi connectivity index (χ2n) is 5.00. The topological polar surface area (TPSA) is 81.8 Å². The predicted molar refractivity (Wildman–Crippen MR) is 71.5 cm³/mol. The van der Waals surface area contributed by atoms with Crippen molar-refractivity contribution in [2.24, 2.45) is 0 Å². The molecule has 3 N–H and O–H groups in total. The third-order valence-corrected chi connectivity index (χ3v) is 3.21. The average Bonchev–Trinajstić information content (AvgIpc) is 2.30. The van der Waals surface area contributed by atoms with Gasteiger partial charge in [0, 0.05) is 12.8 Å². The van der Waals surface area contributed by atoms with Crippen LogP contribution in [-0.2, 0) is 4.74 Å². The number of hydrogen-bond donors (Lipinski definition) is 2. The van der Waals surface area contributed by atoms with Crippen molar-refractivity contribution in [1.29, 1.82) is 0 Å². The molecule has 0 aromatic heterocycles. The maximum absolute atomic E-state index is 11.2. The lowest BCUT2D eigenvalue weighted by Crippen LogP contribution is -2.36. The van der Waals surface area contributed by atoms with Crippen molar-refractivity contribution in [1.82, 2.24) is 0 Å². The van der Waals surface area contributed by atoms with E-state index in [0.29, 0.717) is 5.69 Å². The molecule has 5 nitrogen and oxygen atoms in total. The summed E-state index contributed by atoms with van der Waals surface area (Å²) in [6.45, 7) is 3.97. The second-order valence-corrected chi connectivity index (χ2v) is 5.00. The first-order chi connectivity index (χ1) is 8.97. The van der Waals surface area contributed by atoms with Crippen LogP contribution in [0.4, 0.5) is 5.69 Å². The maximum atomic E-state index is 11.2. The number of carbonyl (C=O) groups is 1. The number of benzene rings is 1. The number of anilines is 1. The SMILES string of the molecule is CC1CC(Oc2c(N)cccc2C(=O)O)CC(C)O1. The van der Waals surface area contributed by atoms with Gasteiger partial charge in [0.05, 0.1) is 17.9 Å². The van der Waals surface area contributed by atoms with Crippen molar-refractivity contribution >= 4 is 11.7 Å². The van der Waals surface area contributed by atoms with E-state index in [1.54, 1.807) is 12.1 Å². The van der Waals surface area contributed by atoms with E-state index in [2.05, 4.69) is 0 Å². The van der Waals surface area contributed by atoms with Crippen molar-refractivity contribution < 1.29 is 19.4 Å². The van der Waals surface area contributed by atoms with E-state index < -0.39 is 5.97 Å². The highest BCUT2D eigenvalue weighted by Crippen LogP contribution is 2.31. The molecule has 2 rings (SSSR count). The number of nitrogens with two attached hydrogens (primary N) is 1. The summed E-state index contributed by atoms with van der Waals surface area (Å²) in [7, 11) is 0. The van der Waals surface area contributed by atoms with E-state index in [-0.39, 0.29) is 29.6 Å². The number of para-hydroxylation sites is 1. The van der Waals surface area contributed by atoms with Crippen LogP contribution in [-0.4, -0.2) is 29.4 Å². The normalized spacial score (nSPS) is 26.9. The zero-order chi connectivity index (χ0) is 14.0. The summed E-state index contributed by atoms with van der Waals surface area (Å²) < 4.78 is 11.5. The lowest BCUT2D eigenvalue weighted by atomic mass is 10.0. The molecule has 1 aliphatic rings. The van der Waals surface area contributed by atoms with E-state index in [1.807, 2.05) is 13.8 Å². The van der Waals surface area contributed by atoms with Gasteiger partial charge in [-0.25, -0.2) is 4.79 Å². The minimum Gasteiger partial charge on any atom is -0.487 e. The second kappa shape index (κ2) is 5.48. The number of carboxylic acid groups (broad SMARTS) is 1. The van der Waals surface area contributed by atoms with Crippen molar-refractivity contribution in [3.05, 3.63) is 23.8 Å². The Morgan fingerprint density at radius 3 is 2.58 bits per heavy atom. The maximum Gasteiger partial charge on any atom is 0.339 e. The molecule has 1 heterocycles. The Kier molecular flexibility index (Phi) is 3.95. The summed E-state index contributed by atoms with van der Waals surface area (Å²) in [6, 6.07) is 4.76. The molecule has 19 heavy (non-hydrogen) atoms. The van der Waals surface area contributed by atoms with Gasteiger partial charge in [0.15, 0.2) is 5.75 Å². The summed E-state index contributed by atoms with van der Waals surface area (Å²) in [5.41, 5.74) is 6.28. The highest BCUT2D eigenvalue weighted by atomic mass is 16.5.